The molecule has 1 aliphatic carbocycles. The number of benzene rings is 2. The van der Waals surface area contributed by atoms with Gasteiger partial charge in [0.15, 0.2) is 0 Å². The molecule has 102 valence electrons. The third kappa shape index (κ3) is 2.34. The molecule has 2 heteroatoms. The summed E-state index contributed by atoms with van der Waals surface area (Å²) >= 11 is 0. The molecule has 1 atom stereocenters. The monoisotopic (exact) mass is 265 g/mol. The van der Waals surface area contributed by atoms with Crippen molar-refractivity contribution in [1.29, 1.82) is 0 Å². The topological polar surface area (TPSA) is 29.1 Å². The van der Waals surface area contributed by atoms with E-state index in [1.54, 1.807) is 0 Å². The zero-order valence-corrected chi connectivity index (χ0v) is 11.7. The van der Waals surface area contributed by atoms with Gasteiger partial charge in [-0.3, -0.25) is 4.79 Å². The zero-order chi connectivity index (χ0) is 14.0. The summed E-state index contributed by atoms with van der Waals surface area (Å²) in [6, 6.07) is 20.2. The maximum Gasteiger partial charge on any atom is 0.231 e. The van der Waals surface area contributed by atoms with Gasteiger partial charge in [0.05, 0.1) is 11.5 Å². The highest BCUT2D eigenvalue weighted by molar-refractivity contribution is 5.91. The molecule has 0 bridgehead atoms. The Labute approximate surface area is 119 Å². The molecule has 1 saturated carbocycles. The van der Waals surface area contributed by atoms with Crippen molar-refractivity contribution < 1.29 is 4.79 Å². The molecule has 0 spiro atoms. The number of carbonyl (C=O) groups excluding carboxylic acids is 1. The fraction of sp³-hybridized carbons (Fsp3) is 0.278. The first kappa shape index (κ1) is 12.9. The molecule has 0 aromatic heterocycles. The number of amides is 1. The average Bonchev–Trinajstić information content (AvgIpc) is 3.31. The fourth-order valence-corrected chi connectivity index (χ4v) is 2.69. The Balaban J connectivity index is 1.74. The minimum atomic E-state index is -0.287. The van der Waals surface area contributed by atoms with Crippen LogP contribution in [0.1, 0.15) is 36.9 Å². The van der Waals surface area contributed by atoms with Gasteiger partial charge >= 0.3 is 0 Å². The van der Waals surface area contributed by atoms with Gasteiger partial charge in [-0.15, -0.1) is 0 Å². The van der Waals surface area contributed by atoms with Crippen LogP contribution in [0, 0.1) is 0 Å². The molecule has 20 heavy (non-hydrogen) atoms. The van der Waals surface area contributed by atoms with E-state index in [4.69, 9.17) is 0 Å². The lowest BCUT2D eigenvalue weighted by Crippen LogP contribution is -2.36. The molecule has 1 amide bonds. The summed E-state index contributed by atoms with van der Waals surface area (Å²) in [5, 5.41) is 3.16. The summed E-state index contributed by atoms with van der Waals surface area (Å²) in [5.74, 6) is 0.153. The number of nitrogens with one attached hydrogen (secondary N) is 1. The van der Waals surface area contributed by atoms with Crippen LogP contribution in [0.2, 0.25) is 0 Å². The van der Waals surface area contributed by atoms with Crippen molar-refractivity contribution in [3.63, 3.8) is 0 Å². The molecule has 1 aliphatic rings. The first-order chi connectivity index (χ1) is 9.72. The van der Waals surface area contributed by atoms with E-state index in [0.29, 0.717) is 0 Å². The second kappa shape index (κ2) is 5.12. The number of hydrogen-bond acceptors (Lipinski definition) is 1. The standard InChI is InChI=1S/C18H19NO/c1-14(15-8-4-2-5-9-15)19-17(20)18(12-13-18)16-10-6-3-7-11-16/h2-11,14H,12-13H2,1H3,(H,19,20). The molecule has 2 aromatic rings. The second-order valence-corrected chi connectivity index (χ2v) is 5.55. The van der Waals surface area contributed by atoms with Crippen LogP contribution in [0.4, 0.5) is 0 Å². The zero-order valence-electron chi connectivity index (χ0n) is 11.7. The molecule has 0 radical (unpaired) electrons. The predicted octanol–water partition coefficient (Wildman–Crippen LogP) is 3.60. The quantitative estimate of drug-likeness (QED) is 0.899. The first-order valence-electron chi connectivity index (χ1n) is 7.14. The maximum atomic E-state index is 12.6. The molecule has 2 aromatic carbocycles. The van der Waals surface area contributed by atoms with Gasteiger partial charge in [-0.2, -0.15) is 0 Å². The summed E-state index contributed by atoms with van der Waals surface area (Å²) in [4.78, 5) is 12.6. The van der Waals surface area contributed by atoms with Gasteiger partial charge in [0.25, 0.3) is 0 Å². The Hall–Kier alpha value is -2.09. The molecule has 0 saturated heterocycles. The maximum absolute atomic E-state index is 12.6. The summed E-state index contributed by atoms with van der Waals surface area (Å²) in [6.45, 7) is 2.04. The third-order valence-electron chi connectivity index (χ3n) is 4.16. The molecular formula is C18H19NO. The summed E-state index contributed by atoms with van der Waals surface area (Å²) in [7, 11) is 0. The molecule has 3 rings (SSSR count). The minimum absolute atomic E-state index is 0.0462. The molecular weight excluding hydrogens is 246 g/mol. The van der Waals surface area contributed by atoms with E-state index in [1.165, 1.54) is 0 Å². The van der Waals surface area contributed by atoms with Crippen LogP contribution >= 0.6 is 0 Å². The first-order valence-corrected chi connectivity index (χ1v) is 7.14. The van der Waals surface area contributed by atoms with Crippen molar-refractivity contribution in [3.05, 3.63) is 71.8 Å². The van der Waals surface area contributed by atoms with E-state index in [-0.39, 0.29) is 17.4 Å². The van der Waals surface area contributed by atoms with Gasteiger partial charge < -0.3 is 5.32 Å². The number of carbonyl (C=O) groups is 1. The number of hydrogen-bond donors (Lipinski definition) is 1. The van der Waals surface area contributed by atoms with E-state index in [2.05, 4.69) is 17.4 Å². The average molecular weight is 265 g/mol. The summed E-state index contributed by atoms with van der Waals surface area (Å²) < 4.78 is 0. The Bertz CT molecular complexity index is 587. The summed E-state index contributed by atoms with van der Waals surface area (Å²) in [6.07, 6.45) is 1.90. The fourth-order valence-electron chi connectivity index (χ4n) is 2.69. The SMILES string of the molecule is CC(NC(=O)C1(c2ccccc2)CC1)c1ccccc1. The Morgan fingerprint density at radius 3 is 2.10 bits per heavy atom. The van der Waals surface area contributed by atoms with Gasteiger partial charge in [-0.1, -0.05) is 60.7 Å². The summed E-state index contributed by atoms with van der Waals surface area (Å²) in [5.41, 5.74) is 1.99. The third-order valence-corrected chi connectivity index (χ3v) is 4.16. The van der Waals surface area contributed by atoms with E-state index < -0.39 is 0 Å². The van der Waals surface area contributed by atoms with Gasteiger partial charge in [-0.05, 0) is 30.9 Å². The Morgan fingerprint density at radius 1 is 1.00 bits per heavy atom. The van der Waals surface area contributed by atoms with Crippen LogP contribution in [-0.2, 0) is 10.2 Å². The van der Waals surface area contributed by atoms with Crippen molar-refractivity contribution in [2.45, 2.75) is 31.2 Å². The normalized spacial score (nSPS) is 17.2. The highest BCUT2D eigenvalue weighted by atomic mass is 16.2. The number of rotatable bonds is 4. The highest BCUT2D eigenvalue weighted by Crippen LogP contribution is 2.48. The minimum Gasteiger partial charge on any atom is -0.349 e. The van der Waals surface area contributed by atoms with Gasteiger partial charge in [0.1, 0.15) is 0 Å². The van der Waals surface area contributed by atoms with E-state index in [9.17, 15) is 4.79 Å². The van der Waals surface area contributed by atoms with Crippen LogP contribution in [0.15, 0.2) is 60.7 Å². The molecule has 0 heterocycles. The van der Waals surface area contributed by atoms with Gasteiger partial charge in [-0.25, -0.2) is 0 Å². The smallest absolute Gasteiger partial charge is 0.231 e. The van der Waals surface area contributed by atoms with E-state index in [0.717, 1.165) is 24.0 Å². The molecule has 1 N–H and O–H groups in total. The largest absolute Gasteiger partial charge is 0.349 e. The molecule has 0 aliphatic heterocycles. The second-order valence-electron chi connectivity index (χ2n) is 5.55. The lowest BCUT2D eigenvalue weighted by molar-refractivity contribution is -0.124. The lowest BCUT2D eigenvalue weighted by Gasteiger charge is -2.20. The van der Waals surface area contributed by atoms with Gasteiger partial charge in [0, 0.05) is 0 Å². The van der Waals surface area contributed by atoms with Crippen LogP contribution in [0.3, 0.4) is 0 Å². The van der Waals surface area contributed by atoms with Gasteiger partial charge in [0.2, 0.25) is 5.91 Å². The van der Waals surface area contributed by atoms with Crippen molar-refractivity contribution >= 4 is 5.91 Å². The highest BCUT2D eigenvalue weighted by Gasteiger charge is 2.51. The lowest BCUT2D eigenvalue weighted by atomic mass is 9.94. The van der Waals surface area contributed by atoms with Crippen LogP contribution in [0.25, 0.3) is 0 Å². The Morgan fingerprint density at radius 2 is 1.55 bits per heavy atom. The Kier molecular flexibility index (Phi) is 3.31. The molecule has 2 nitrogen and oxygen atoms in total. The van der Waals surface area contributed by atoms with Crippen LogP contribution < -0.4 is 5.32 Å². The van der Waals surface area contributed by atoms with Crippen LogP contribution in [0.5, 0.6) is 0 Å². The van der Waals surface area contributed by atoms with Crippen molar-refractivity contribution in [2.75, 3.05) is 0 Å². The molecule has 1 fully saturated rings. The van der Waals surface area contributed by atoms with Crippen molar-refractivity contribution in [3.8, 4) is 0 Å². The van der Waals surface area contributed by atoms with Crippen molar-refractivity contribution in [2.24, 2.45) is 0 Å². The van der Waals surface area contributed by atoms with E-state index in [1.807, 2.05) is 55.5 Å². The predicted molar refractivity (Wildman–Crippen MR) is 80.4 cm³/mol. The van der Waals surface area contributed by atoms with Crippen LogP contribution in [-0.4, -0.2) is 5.91 Å². The molecule has 1 unspecified atom stereocenters. The van der Waals surface area contributed by atoms with Crippen molar-refractivity contribution in [1.82, 2.24) is 5.32 Å². The van der Waals surface area contributed by atoms with E-state index >= 15 is 0 Å².